The van der Waals surface area contributed by atoms with Gasteiger partial charge in [0.05, 0.1) is 0 Å². The van der Waals surface area contributed by atoms with Crippen LogP contribution in [0.3, 0.4) is 0 Å². The van der Waals surface area contributed by atoms with E-state index < -0.39 is 0 Å². The lowest BCUT2D eigenvalue weighted by Gasteiger charge is -2.21. The van der Waals surface area contributed by atoms with Crippen molar-refractivity contribution in [3.05, 3.63) is 34.3 Å². The smallest absolute Gasteiger partial charge is 0.251 e. The summed E-state index contributed by atoms with van der Waals surface area (Å²) >= 11 is 3.34. The molecule has 1 aliphatic rings. The largest absolute Gasteiger partial charge is 0.353 e. The van der Waals surface area contributed by atoms with Gasteiger partial charge in [0.15, 0.2) is 0 Å². The average molecular weight is 395 g/mol. The Bertz CT molecular complexity index is 545. The van der Waals surface area contributed by atoms with Crippen molar-refractivity contribution in [2.24, 2.45) is 5.92 Å². The van der Waals surface area contributed by atoms with Gasteiger partial charge in [0.1, 0.15) is 0 Å². The van der Waals surface area contributed by atoms with Crippen molar-refractivity contribution in [1.82, 2.24) is 10.6 Å². The van der Waals surface area contributed by atoms with Gasteiger partial charge in [-0.2, -0.15) is 0 Å². The molecule has 1 aliphatic carbocycles. The predicted octanol–water partition coefficient (Wildman–Crippen LogP) is 4.04. The zero-order valence-electron chi connectivity index (χ0n) is 14.3. The van der Waals surface area contributed by atoms with Crippen LogP contribution in [0.1, 0.15) is 62.2 Å². The Morgan fingerprint density at radius 1 is 1.21 bits per heavy atom. The van der Waals surface area contributed by atoms with Crippen molar-refractivity contribution in [1.29, 1.82) is 0 Å². The first-order valence-corrected chi connectivity index (χ1v) is 9.72. The minimum absolute atomic E-state index is 0.0412. The van der Waals surface area contributed by atoms with Crippen LogP contribution in [0, 0.1) is 5.92 Å². The van der Waals surface area contributed by atoms with E-state index in [2.05, 4.69) is 33.5 Å². The van der Waals surface area contributed by atoms with E-state index in [-0.39, 0.29) is 11.8 Å². The Hall–Kier alpha value is -1.36. The van der Waals surface area contributed by atoms with E-state index >= 15 is 0 Å². The maximum absolute atomic E-state index is 12.1. The van der Waals surface area contributed by atoms with Crippen LogP contribution in [0.4, 0.5) is 0 Å². The molecule has 2 N–H and O–H groups in total. The molecule has 1 aromatic rings. The standard InChI is InChI=1S/C19H27BrN2O2/c1-2-3-5-14-6-4-7-17(14)22-18(23)12-13-21-19(24)15-8-10-16(20)11-9-15/h8-11,14,17H,2-7,12-13H2,1H3,(H,21,24)(H,22,23). The first-order valence-electron chi connectivity index (χ1n) is 8.93. The highest BCUT2D eigenvalue weighted by Gasteiger charge is 2.27. The highest BCUT2D eigenvalue weighted by Crippen LogP contribution is 2.29. The highest BCUT2D eigenvalue weighted by atomic mass is 79.9. The van der Waals surface area contributed by atoms with E-state index in [4.69, 9.17) is 0 Å². The zero-order chi connectivity index (χ0) is 17.4. The van der Waals surface area contributed by atoms with Crippen LogP contribution < -0.4 is 10.6 Å². The molecular weight excluding hydrogens is 368 g/mol. The molecule has 0 saturated heterocycles. The quantitative estimate of drug-likeness (QED) is 0.698. The Balaban J connectivity index is 1.69. The lowest BCUT2D eigenvalue weighted by atomic mass is 9.97. The third-order valence-corrected chi connectivity index (χ3v) is 5.21. The third kappa shape index (κ3) is 5.93. The number of halogens is 1. The molecule has 1 fully saturated rings. The van der Waals surface area contributed by atoms with Crippen molar-refractivity contribution < 1.29 is 9.59 Å². The molecule has 24 heavy (non-hydrogen) atoms. The molecular formula is C19H27BrN2O2. The SMILES string of the molecule is CCCCC1CCCC1NC(=O)CCNC(=O)c1ccc(Br)cc1. The Morgan fingerprint density at radius 2 is 1.96 bits per heavy atom. The van der Waals surface area contributed by atoms with Gasteiger partial charge in [0.2, 0.25) is 5.91 Å². The number of amides is 2. The zero-order valence-corrected chi connectivity index (χ0v) is 15.9. The summed E-state index contributed by atoms with van der Waals surface area (Å²) in [6.45, 7) is 2.57. The number of hydrogen-bond acceptors (Lipinski definition) is 2. The first-order chi connectivity index (χ1) is 11.6. The molecule has 0 spiro atoms. The molecule has 2 amide bonds. The minimum atomic E-state index is -0.142. The molecule has 132 valence electrons. The molecule has 2 unspecified atom stereocenters. The van der Waals surface area contributed by atoms with Gasteiger partial charge in [-0.05, 0) is 49.4 Å². The lowest BCUT2D eigenvalue weighted by Crippen LogP contribution is -2.39. The van der Waals surface area contributed by atoms with Crippen molar-refractivity contribution in [2.75, 3.05) is 6.54 Å². The molecule has 2 atom stereocenters. The van der Waals surface area contributed by atoms with Crippen molar-refractivity contribution in [3.8, 4) is 0 Å². The van der Waals surface area contributed by atoms with Crippen LogP contribution in [-0.4, -0.2) is 24.4 Å². The van der Waals surface area contributed by atoms with Crippen LogP contribution in [0.5, 0.6) is 0 Å². The van der Waals surface area contributed by atoms with Crippen LogP contribution in [-0.2, 0) is 4.79 Å². The fraction of sp³-hybridized carbons (Fsp3) is 0.579. The normalized spacial score (nSPS) is 19.9. The van der Waals surface area contributed by atoms with Crippen LogP contribution in [0.25, 0.3) is 0 Å². The average Bonchev–Trinajstić information content (AvgIpc) is 3.00. The fourth-order valence-corrected chi connectivity index (χ4v) is 3.57. The number of carbonyl (C=O) groups excluding carboxylic acids is 2. The van der Waals surface area contributed by atoms with E-state index in [1.54, 1.807) is 12.1 Å². The van der Waals surface area contributed by atoms with Gasteiger partial charge in [0, 0.05) is 29.0 Å². The fourth-order valence-electron chi connectivity index (χ4n) is 3.31. The highest BCUT2D eigenvalue weighted by molar-refractivity contribution is 9.10. The number of unbranched alkanes of at least 4 members (excludes halogenated alkanes) is 1. The van der Waals surface area contributed by atoms with E-state index in [1.165, 1.54) is 32.1 Å². The minimum Gasteiger partial charge on any atom is -0.353 e. The van der Waals surface area contributed by atoms with Crippen LogP contribution >= 0.6 is 15.9 Å². The summed E-state index contributed by atoms with van der Waals surface area (Å²) in [7, 11) is 0. The van der Waals surface area contributed by atoms with Crippen molar-refractivity contribution in [2.45, 2.75) is 57.9 Å². The number of carbonyl (C=O) groups is 2. The second-order valence-electron chi connectivity index (χ2n) is 6.52. The van der Waals surface area contributed by atoms with Gasteiger partial charge in [-0.1, -0.05) is 42.1 Å². The molecule has 0 radical (unpaired) electrons. The van der Waals surface area contributed by atoms with E-state index in [1.807, 2.05) is 12.1 Å². The lowest BCUT2D eigenvalue weighted by molar-refractivity contribution is -0.121. The third-order valence-electron chi connectivity index (χ3n) is 4.68. The maximum Gasteiger partial charge on any atom is 0.251 e. The molecule has 2 rings (SSSR count). The van der Waals surface area contributed by atoms with Crippen LogP contribution in [0.2, 0.25) is 0 Å². The monoisotopic (exact) mass is 394 g/mol. The van der Waals surface area contributed by atoms with Gasteiger partial charge in [-0.25, -0.2) is 0 Å². The topological polar surface area (TPSA) is 58.2 Å². The summed E-state index contributed by atoms with van der Waals surface area (Å²) in [5, 5.41) is 5.97. The van der Waals surface area contributed by atoms with Crippen LogP contribution in [0.15, 0.2) is 28.7 Å². The van der Waals surface area contributed by atoms with Gasteiger partial charge in [-0.3, -0.25) is 9.59 Å². The second kappa shape index (κ2) is 9.82. The van der Waals surface area contributed by atoms with Gasteiger partial charge >= 0.3 is 0 Å². The van der Waals surface area contributed by atoms with Crippen molar-refractivity contribution in [3.63, 3.8) is 0 Å². The molecule has 4 nitrogen and oxygen atoms in total. The Kier molecular flexibility index (Phi) is 7.76. The number of rotatable bonds is 8. The van der Waals surface area contributed by atoms with E-state index in [0.717, 1.165) is 10.9 Å². The van der Waals surface area contributed by atoms with E-state index in [9.17, 15) is 9.59 Å². The van der Waals surface area contributed by atoms with E-state index in [0.29, 0.717) is 30.5 Å². The molecule has 0 heterocycles. The van der Waals surface area contributed by atoms with Gasteiger partial charge in [0.25, 0.3) is 5.91 Å². The molecule has 1 aromatic carbocycles. The summed E-state index contributed by atoms with van der Waals surface area (Å²) < 4.78 is 0.938. The predicted molar refractivity (Wildman–Crippen MR) is 99.9 cm³/mol. The molecule has 0 bridgehead atoms. The summed E-state index contributed by atoms with van der Waals surface area (Å²) in [5.74, 6) is 0.530. The Labute approximate surface area is 152 Å². The Morgan fingerprint density at radius 3 is 2.67 bits per heavy atom. The van der Waals surface area contributed by atoms with Gasteiger partial charge < -0.3 is 10.6 Å². The summed E-state index contributed by atoms with van der Waals surface area (Å²) in [6.07, 6.45) is 7.51. The number of nitrogens with one attached hydrogen (secondary N) is 2. The molecule has 0 aliphatic heterocycles. The van der Waals surface area contributed by atoms with Crippen molar-refractivity contribution >= 4 is 27.7 Å². The summed E-state index contributed by atoms with van der Waals surface area (Å²) in [6, 6.07) is 7.51. The molecule has 5 heteroatoms. The summed E-state index contributed by atoms with van der Waals surface area (Å²) in [5.41, 5.74) is 0.606. The molecule has 1 saturated carbocycles. The van der Waals surface area contributed by atoms with Gasteiger partial charge in [-0.15, -0.1) is 0 Å². The number of hydrogen-bond donors (Lipinski definition) is 2. The maximum atomic E-state index is 12.1. The first kappa shape index (κ1) is 19.0. The summed E-state index contributed by atoms with van der Waals surface area (Å²) in [4.78, 5) is 24.1. The number of benzene rings is 1. The molecule has 0 aromatic heterocycles. The second-order valence-corrected chi connectivity index (χ2v) is 7.44.